The van der Waals surface area contributed by atoms with Crippen molar-refractivity contribution < 1.29 is 9.53 Å². The molecule has 1 aromatic heterocycles. The van der Waals surface area contributed by atoms with Crippen molar-refractivity contribution in [3.8, 4) is 6.07 Å². The smallest absolute Gasteiger partial charge is 0.235 e. The highest BCUT2D eigenvalue weighted by atomic mass is 16.5. The van der Waals surface area contributed by atoms with Gasteiger partial charge < -0.3 is 15.4 Å². The molecule has 0 aromatic carbocycles. The third-order valence-electron chi connectivity index (χ3n) is 4.70. The highest BCUT2D eigenvalue weighted by molar-refractivity contribution is 5.79. The number of aromatic nitrogens is 2. The maximum absolute atomic E-state index is 12.3. The summed E-state index contributed by atoms with van der Waals surface area (Å²) in [6.07, 6.45) is 3.63. The quantitative estimate of drug-likeness (QED) is 0.738. The summed E-state index contributed by atoms with van der Waals surface area (Å²) in [7, 11) is 0. The number of morpholine rings is 1. The number of ether oxygens (including phenoxy) is 1. The summed E-state index contributed by atoms with van der Waals surface area (Å²) in [5, 5.41) is 23.3. The molecule has 3 rings (SSSR count). The lowest BCUT2D eigenvalue weighted by molar-refractivity contribution is -0.125. The number of carbonyl (C=O) groups excluding carboxylic acids is 1. The van der Waals surface area contributed by atoms with Crippen LogP contribution in [0.5, 0.6) is 0 Å². The second kappa shape index (κ2) is 7.76. The van der Waals surface area contributed by atoms with Crippen LogP contribution in [-0.4, -0.2) is 65.4 Å². The number of nitriles is 1. The van der Waals surface area contributed by atoms with E-state index in [0.717, 1.165) is 12.8 Å². The molecule has 1 saturated heterocycles. The van der Waals surface area contributed by atoms with Crippen molar-refractivity contribution in [3.05, 3.63) is 18.3 Å². The van der Waals surface area contributed by atoms with E-state index in [9.17, 15) is 10.1 Å². The SMILES string of the molecule is C[C@](C#N)(NC(=O)CN1CCO[C@H](CNc2cccnn2)C1)C1CC1. The van der Waals surface area contributed by atoms with Crippen LogP contribution in [0.25, 0.3) is 0 Å². The minimum absolute atomic E-state index is 0.0191. The van der Waals surface area contributed by atoms with Crippen molar-refractivity contribution in [1.29, 1.82) is 5.26 Å². The highest BCUT2D eigenvalue weighted by Gasteiger charge is 2.43. The van der Waals surface area contributed by atoms with Gasteiger partial charge in [-0.05, 0) is 37.8 Å². The number of hydrogen-bond donors (Lipinski definition) is 2. The van der Waals surface area contributed by atoms with Crippen molar-refractivity contribution in [2.45, 2.75) is 31.4 Å². The molecule has 8 nitrogen and oxygen atoms in total. The van der Waals surface area contributed by atoms with Crippen molar-refractivity contribution >= 4 is 11.7 Å². The molecule has 2 N–H and O–H groups in total. The van der Waals surface area contributed by atoms with Gasteiger partial charge >= 0.3 is 0 Å². The standard InChI is InChI=1S/C17H24N6O2/c1-17(12-18,13-4-5-13)21-16(24)11-23-7-8-25-14(10-23)9-19-15-3-2-6-20-22-15/h2-3,6,13-14H,4-5,7-11H2,1H3,(H,19,22)(H,21,24)/t14-,17-/m1/s1. The minimum atomic E-state index is -0.740. The third kappa shape index (κ3) is 4.87. The highest BCUT2D eigenvalue weighted by Crippen LogP contribution is 2.39. The summed E-state index contributed by atoms with van der Waals surface area (Å²) in [5.41, 5.74) is -0.740. The fourth-order valence-electron chi connectivity index (χ4n) is 3.08. The lowest BCUT2D eigenvalue weighted by Gasteiger charge is -2.33. The van der Waals surface area contributed by atoms with Gasteiger partial charge in [0.2, 0.25) is 5.91 Å². The Bertz CT molecular complexity index is 630. The largest absolute Gasteiger partial charge is 0.374 e. The Hall–Kier alpha value is -2.24. The maximum Gasteiger partial charge on any atom is 0.235 e. The van der Waals surface area contributed by atoms with Gasteiger partial charge in [-0.1, -0.05) is 0 Å². The van der Waals surface area contributed by atoms with Crippen LogP contribution in [0.3, 0.4) is 0 Å². The molecule has 1 saturated carbocycles. The van der Waals surface area contributed by atoms with Crippen molar-refractivity contribution in [1.82, 2.24) is 20.4 Å². The second-order valence-electron chi connectivity index (χ2n) is 6.85. The van der Waals surface area contributed by atoms with Crippen LogP contribution in [0, 0.1) is 17.2 Å². The number of nitrogens with one attached hydrogen (secondary N) is 2. The van der Waals surface area contributed by atoms with Crippen LogP contribution in [-0.2, 0) is 9.53 Å². The maximum atomic E-state index is 12.3. The van der Waals surface area contributed by atoms with Gasteiger partial charge in [-0.3, -0.25) is 9.69 Å². The summed E-state index contributed by atoms with van der Waals surface area (Å²) in [4.78, 5) is 14.4. The topological polar surface area (TPSA) is 103 Å². The fraction of sp³-hybridized carbons (Fsp3) is 0.647. The van der Waals surface area contributed by atoms with Crippen LogP contribution < -0.4 is 10.6 Å². The second-order valence-corrected chi connectivity index (χ2v) is 6.85. The van der Waals surface area contributed by atoms with Crippen molar-refractivity contribution in [2.75, 3.05) is 38.1 Å². The van der Waals surface area contributed by atoms with E-state index in [1.54, 1.807) is 6.20 Å². The molecular formula is C17H24N6O2. The first kappa shape index (κ1) is 17.6. The lowest BCUT2D eigenvalue weighted by Crippen LogP contribution is -2.53. The van der Waals surface area contributed by atoms with Crippen LogP contribution in [0.4, 0.5) is 5.82 Å². The number of carbonyl (C=O) groups is 1. The molecule has 1 aromatic rings. The number of nitrogens with zero attached hydrogens (tertiary/aromatic N) is 4. The number of amides is 1. The first-order valence-corrected chi connectivity index (χ1v) is 8.67. The Morgan fingerprint density at radius 1 is 1.56 bits per heavy atom. The Morgan fingerprint density at radius 2 is 2.40 bits per heavy atom. The van der Waals surface area contributed by atoms with Crippen LogP contribution in [0.15, 0.2) is 18.3 Å². The van der Waals surface area contributed by atoms with Crippen molar-refractivity contribution in [2.24, 2.45) is 5.92 Å². The molecule has 2 fully saturated rings. The zero-order chi connectivity index (χ0) is 17.7. The summed E-state index contributed by atoms with van der Waals surface area (Å²) >= 11 is 0. The molecule has 0 unspecified atom stereocenters. The molecule has 25 heavy (non-hydrogen) atoms. The van der Waals surface area contributed by atoms with Gasteiger partial charge in [-0.15, -0.1) is 5.10 Å². The van der Waals surface area contributed by atoms with Crippen LogP contribution in [0.1, 0.15) is 19.8 Å². The third-order valence-corrected chi connectivity index (χ3v) is 4.70. The van der Waals surface area contributed by atoms with E-state index < -0.39 is 5.54 Å². The molecule has 8 heteroatoms. The average Bonchev–Trinajstić information content (AvgIpc) is 3.46. The van der Waals surface area contributed by atoms with Gasteiger partial charge in [-0.2, -0.15) is 10.4 Å². The number of rotatable bonds is 7. The molecule has 1 aliphatic heterocycles. The van der Waals surface area contributed by atoms with Gasteiger partial charge in [0, 0.05) is 25.8 Å². The number of hydrogen-bond acceptors (Lipinski definition) is 7. The first-order chi connectivity index (χ1) is 12.1. The molecule has 2 aliphatic rings. The van der Waals surface area contributed by atoms with E-state index in [1.165, 1.54) is 0 Å². The molecule has 134 valence electrons. The Morgan fingerprint density at radius 3 is 3.08 bits per heavy atom. The molecule has 0 spiro atoms. The normalized spacial score (nSPS) is 23.3. The van der Waals surface area contributed by atoms with Gasteiger partial charge in [-0.25, -0.2) is 0 Å². The van der Waals surface area contributed by atoms with Crippen LogP contribution in [0.2, 0.25) is 0 Å². The molecule has 1 aliphatic carbocycles. The predicted octanol–water partition coefficient (Wildman–Crippen LogP) is 0.398. The average molecular weight is 344 g/mol. The summed E-state index contributed by atoms with van der Waals surface area (Å²) in [6, 6.07) is 5.93. The lowest BCUT2D eigenvalue weighted by atomic mass is 9.98. The Kier molecular flexibility index (Phi) is 5.46. The van der Waals surface area contributed by atoms with E-state index in [-0.39, 0.29) is 24.5 Å². The Labute approximate surface area is 147 Å². The van der Waals surface area contributed by atoms with E-state index in [4.69, 9.17) is 4.74 Å². The minimum Gasteiger partial charge on any atom is -0.374 e. The van der Waals surface area contributed by atoms with E-state index >= 15 is 0 Å². The van der Waals surface area contributed by atoms with E-state index in [1.807, 2.05) is 19.1 Å². The molecule has 2 atom stereocenters. The summed E-state index contributed by atoms with van der Waals surface area (Å²) < 4.78 is 5.75. The van der Waals surface area contributed by atoms with E-state index in [0.29, 0.717) is 32.1 Å². The summed E-state index contributed by atoms with van der Waals surface area (Å²) in [5.74, 6) is 0.892. The van der Waals surface area contributed by atoms with Crippen molar-refractivity contribution in [3.63, 3.8) is 0 Å². The zero-order valence-corrected chi connectivity index (χ0v) is 14.4. The predicted molar refractivity (Wildman–Crippen MR) is 91.6 cm³/mol. The molecule has 2 heterocycles. The monoisotopic (exact) mass is 344 g/mol. The Balaban J connectivity index is 1.45. The van der Waals surface area contributed by atoms with Gasteiger partial charge in [0.1, 0.15) is 11.4 Å². The van der Waals surface area contributed by atoms with Gasteiger partial charge in [0.15, 0.2) is 0 Å². The molecule has 1 amide bonds. The van der Waals surface area contributed by atoms with Crippen LogP contribution >= 0.6 is 0 Å². The zero-order valence-electron chi connectivity index (χ0n) is 14.4. The van der Waals surface area contributed by atoms with E-state index in [2.05, 4.69) is 31.8 Å². The van der Waals surface area contributed by atoms with Gasteiger partial charge in [0.25, 0.3) is 0 Å². The molecular weight excluding hydrogens is 320 g/mol. The number of anilines is 1. The first-order valence-electron chi connectivity index (χ1n) is 8.67. The molecule has 0 bridgehead atoms. The fourth-order valence-corrected chi connectivity index (χ4v) is 3.08. The summed E-state index contributed by atoms with van der Waals surface area (Å²) in [6.45, 7) is 4.66. The van der Waals surface area contributed by atoms with Gasteiger partial charge in [0.05, 0.1) is 25.3 Å². The molecule has 0 radical (unpaired) electrons.